The van der Waals surface area contributed by atoms with E-state index < -0.39 is 18.3 Å². The number of hydrogen-bond donors (Lipinski definition) is 2. The molecule has 1 unspecified atom stereocenters. The van der Waals surface area contributed by atoms with E-state index in [1.54, 1.807) is 24.3 Å². The van der Waals surface area contributed by atoms with Crippen molar-refractivity contribution in [3.63, 3.8) is 0 Å². The van der Waals surface area contributed by atoms with Crippen molar-refractivity contribution >= 4 is 40.3 Å². The van der Waals surface area contributed by atoms with Crippen molar-refractivity contribution < 1.29 is 18.3 Å². The minimum absolute atomic E-state index is 0.103. The predicted molar refractivity (Wildman–Crippen MR) is 92.0 cm³/mol. The van der Waals surface area contributed by atoms with Gasteiger partial charge >= 0.3 is 6.18 Å². The number of hydrazone groups is 1. The van der Waals surface area contributed by atoms with E-state index in [1.165, 1.54) is 0 Å². The molecule has 0 spiro atoms. The third-order valence-electron chi connectivity index (χ3n) is 3.45. The molecule has 4 nitrogen and oxygen atoms in total. The van der Waals surface area contributed by atoms with E-state index in [0.29, 0.717) is 22.1 Å². The summed E-state index contributed by atoms with van der Waals surface area (Å²) in [6.45, 7) is 3.72. The molecule has 1 aliphatic heterocycles. The summed E-state index contributed by atoms with van der Waals surface area (Å²) in [7, 11) is 0. The molecule has 1 aromatic rings. The largest absolute Gasteiger partial charge is 0.438 e. The number of rotatable bonds is 3. The first-order valence-electron chi connectivity index (χ1n) is 7.26. The molecule has 2 N–H and O–H groups in total. The highest BCUT2D eigenvalue weighted by atomic mass is 35.5. The Hall–Kier alpha value is -1.38. The van der Waals surface area contributed by atoms with Gasteiger partial charge in [0.25, 0.3) is 5.72 Å². The Bertz CT molecular complexity index is 666. The normalized spacial score (nSPS) is 21.2. The van der Waals surface area contributed by atoms with Crippen molar-refractivity contribution in [2.75, 3.05) is 5.32 Å². The zero-order chi connectivity index (χ0) is 18.1. The van der Waals surface area contributed by atoms with Crippen LogP contribution in [0.1, 0.15) is 26.7 Å². The van der Waals surface area contributed by atoms with Crippen LogP contribution in [0.4, 0.5) is 18.9 Å². The first kappa shape index (κ1) is 19.0. The van der Waals surface area contributed by atoms with Crippen LogP contribution in [0.2, 0.25) is 5.02 Å². The van der Waals surface area contributed by atoms with Gasteiger partial charge in [0.05, 0.1) is 10.7 Å². The van der Waals surface area contributed by atoms with Gasteiger partial charge in [0.15, 0.2) is 5.11 Å². The zero-order valence-corrected chi connectivity index (χ0v) is 14.6. The molecule has 9 heteroatoms. The summed E-state index contributed by atoms with van der Waals surface area (Å²) in [5.74, 6) is 0.103. The molecule has 0 radical (unpaired) electrons. The predicted octanol–water partition coefficient (Wildman–Crippen LogP) is 4.40. The van der Waals surface area contributed by atoms with Crippen molar-refractivity contribution in [1.29, 1.82) is 0 Å². The summed E-state index contributed by atoms with van der Waals surface area (Å²) < 4.78 is 40.2. The number of anilines is 1. The lowest BCUT2D eigenvalue weighted by Gasteiger charge is -2.34. The van der Waals surface area contributed by atoms with E-state index in [1.807, 2.05) is 13.8 Å². The highest BCUT2D eigenvalue weighted by Gasteiger charge is 2.62. The molecular formula is C15H17ClF3N3OS. The van der Waals surface area contributed by atoms with Crippen LogP contribution in [0.15, 0.2) is 29.4 Å². The molecule has 0 bridgehead atoms. The Balaban J connectivity index is 2.30. The number of nitrogens with one attached hydrogen (secondary N) is 1. The minimum atomic E-state index is -4.92. The van der Waals surface area contributed by atoms with Crippen LogP contribution in [0, 0.1) is 5.92 Å². The molecular weight excluding hydrogens is 363 g/mol. The quantitative estimate of drug-likeness (QED) is 0.764. The molecule has 0 amide bonds. The monoisotopic (exact) mass is 379 g/mol. The van der Waals surface area contributed by atoms with Gasteiger partial charge < -0.3 is 10.4 Å². The van der Waals surface area contributed by atoms with Gasteiger partial charge in [-0.25, -0.2) is 0 Å². The SMILES string of the molecule is CC(C)CC1=NN(C(=S)Nc2ccccc2Cl)C(O)(C(F)(F)F)C1. The standard InChI is InChI=1S/C15H17ClF3N3OS/c1-9(2)7-10-8-14(23,15(17,18)19)22(21-10)13(24)20-12-6-4-3-5-11(12)16/h3-6,9,23H,7-8H2,1-2H3,(H,20,24). The zero-order valence-electron chi connectivity index (χ0n) is 13.1. The summed E-state index contributed by atoms with van der Waals surface area (Å²) in [6.07, 6.45) is -5.22. The lowest BCUT2D eigenvalue weighted by molar-refractivity contribution is -0.294. The van der Waals surface area contributed by atoms with Crippen LogP contribution < -0.4 is 5.32 Å². The van der Waals surface area contributed by atoms with E-state index in [-0.39, 0.29) is 16.7 Å². The minimum Gasteiger partial charge on any atom is -0.362 e. The second-order valence-corrected chi connectivity index (χ2v) is 6.77. The van der Waals surface area contributed by atoms with E-state index in [2.05, 4.69) is 10.4 Å². The molecule has 0 aliphatic carbocycles. The molecule has 0 saturated heterocycles. The summed E-state index contributed by atoms with van der Waals surface area (Å²) >= 11 is 11.0. The van der Waals surface area contributed by atoms with Crippen molar-refractivity contribution in [2.45, 2.75) is 38.6 Å². The number of hydrogen-bond acceptors (Lipinski definition) is 3. The molecule has 0 saturated carbocycles. The highest BCUT2D eigenvalue weighted by molar-refractivity contribution is 7.80. The maximum atomic E-state index is 13.4. The van der Waals surface area contributed by atoms with Crippen molar-refractivity contribution in [3.8, 4) is 0 Å². The van der Waals surface area contributed by atoms with Crippen LogP contribution in [0.5, 0.6) is 0 Å². The van der Waals surface area contributed by atoms with Crippen molar-refractivity contribution in [2.24, 2.45) is 11.0 Å². The topological polar surface area (TPSA) is 47.9 Å². The lowest BCUT2D eigenvalue weighted by atomic mass is 9.99. The maximum Gasteiger partial charge on any atom is 0.438 e. The highest BCUT2D eigenvalue weighted by Crippen LogP contribution is 2.41. The Morgan fingerprint density at radius 3 is 2.62 bits per heavy atom. The van der Waals surface area contributed by atoms with E-state index >= 15 is 0 Å². The summed E-state index contributed by atoms with van der Waals surface area (Å²) in [6, 6.07) is 6.47. The number of nitrogens with zero attached hydrogens (tertiary/aromatic N) is 2. The van der Waals surface area contributed by atoms with E-state index in [4.69, 9.17) is 23.8 Å². The summed E-state index contributed by atoms with van der Waals surface area (Å²) in [5, 5.41) is 17.1. The van der Waals surface area contributed by atoms with E-state index in [0.717, 1.165) is 0 Å². The van der Waals surface area contributed by atoms with Gasteiger partial charge in [-0.1, -0.05) is 37.6 Å². The fourth-order valence-corrected chi connectivity index (χ4v) is 2.85. The Morgan fingerprint density at radius 1 is 1.46 bits per heavy atom. The Labute approximate surface area is 148 Å². The van der Waals surface area contributed by atoms with E-state index in [9.17, 15) is 18.3 Å². The van der Waals surface area contributed by atoms with Crippen molar-refractivity contribution in [1.82, 2.24) is 5.01 Å². The van der Waals surface area contributed by atoms with Crippen LogP contribution in [0.25, 0.3) is 0 Å². The number of aliphatic hydroxyl groups is 1. The average Bonchev–Trinajstić information content (AvgIpc) is 2.78. The van der Waals surface area contributed by atoms with Gasteiger partial charge in [0, 0.05) is 12.1 Å². The molecule has 0 aromatic heterocycles. The number of alkyl halides is 3. The maximum absolute atomic E-state index is 13.4. The average molecular weight is 380 g/mol. The number of benzene rings is 1. The second-order valence-electron chi connectivity index (χ2n) is 5.98. The molecule has 24 heavy (non-hydrogen) atoms. The van der Waals surface area contributed by atoms with Crippen LogP contribution >= 0.6 is 23.8 Å². The number of halogens is 4. The fourth-order valence-electron chi connectivity index (χ4n) is 2.37. The van der Waals surface area contributed by atoms with Gasteiger partial charge in [-0.3, -0.25) is 0 Å². The molecule has 1 atom stereocenters. The van der Waals surface area contributed by atoms with Gasteiger partial charge in [-0.05, 0) is 36.7 Å². The molecule has 0 fully saturated rings. The molecule has 132 valence electrons. The molecule has 2 rings (SSSR count). The van der Waals surface area contributed by atoms with Crippen LogP contribution in [-0.4, -0.2) is 32.8 Å². The van der Waals surface area contributed by atoms with Gasteiger partial charge in [-0.15, -0.1) is 0 Å². The summed E-state index contributed by atoms with van der Waals surface area (Å²) in [5.41, 5.74) is -2.59. The third kappa shape index (κ3) is 3.81. The van der Waals surface area contributed by atoms with Crippen molar-refractivity contribution in [3.05, 3.63) is 29.3 Å². The third-order valence-corrected chi connectivity index (χ3v) is 4.05. The number of para-hydroxylation sites is 1. The van der Waals surface area contributed by atoms with Gasteiger partial charge in [0.1, 0.15) is 0 Å². The number of thiocarbonyl (C=S) groups is 1. The summed E-state index contributed by atoms with van der Waals surface area (Å²) in [4.78, 5) is 0. The molecule has 1 aliphatic rings. The van der Waals surface area contributed by atoms with Gasteiger partial charge in [0.2, 0.25) is 0 Å². The Morgan fingerprint density at radius 2 is 2.08 bits per heavy atom. The van der Waals surface area contributed by atoms with Crippen LogP contribution in [-0.2, 0) is 0 Å². The fraction of sp³-hybridized carbons (Fsp3) is 0.467. The first-order chi connectivity index (χ1) is 11.0. The van der Waals surface area contributed by atoms with Crippen LogP contribution in [0.3, 0.4) is 0 Å². The molecule has 1 heterocycles. The lowest BCUT2D eigenvalue weighted by Crippen LogP contribution is -2.57. The molecule has 1 aromatic carbocycles. The Kier molecular flexibility index (Phi) is 5.41. The smallest absolute Gasteiger partial charge is 0.362 e. The first-order valence-corrected chi connectivity index (χ1v) is 8.04. The second kappa shape index (κ2) is 6.85. The van der Waals surface area contributed by atoms with Gasteiger partial charge in [-0.2, -0.15) is 23.3 Å².